The van der Waals surface area contributed by atoms with E-state index in [0.29, 0.717) is 18.7 Å². The topological polar surface area (TPSA) is 90.4 Å². The number of aryl methyl sites for hydroxylation is 1. The molecule has 2 rings (SSSR count). The number of imidazole rings is 1. The summed E-state index contributed by atoms with van der Waals surface area (Å²) in [5.41, 5.74) is 8.22. The molecule has 0 atom stereocenters. The molecule has 0 radical (unpaired) electrons. The number of benzene rings is 1. The first-order chi connectivity index (χ1) is 10.5. The number of nitrogens with zero attached hydrogens (tertiary/aromatic N) is 2. The van der Waals surface area contributed by atoms with Gasteiger partial charge in [-0.3, -0.25) is 0 Å². The van der Waals surface area contributed by atoms with Crippen LogP contribution in [0.5, 0.6) is 5.75 Å². The van der Waals surface area contributed by atoms with Crippen molar-refractivity contribution in [2.75, 3.05) is 13.7 Å². The maximum absolute atomic E-state index is 11.2. The molecule has 116 valence electrons. The van der Waals surface area contributed by atoms with Crippen LogP contribution in [0.3, 0.4) is 0 Å². The van der Waals surface area contributed by atoms with E-state index in [0.717, 1.165) is 16.9 Å². The molecular weight excluding hydrogens is 282 g/mol. The van der Waals surface area contributed by atoms with Crippen molar-refractivity contribution in [3.05, 3.63) is 47.6 Å². The molecule has 0 fully saturated rings. The molecular formula is C16H19N3O3. The first-order valence-corrected chi connectivity index (χ1v) is 6.88. The Morgan fingerprint density at radius 1 is 1.50 bits per heavy atom. The van der Waals surface area contributed by atoms with Gasteiger partial charge in [0.2, 0.25) is 0 Å². The van der Waals surface area contributed by atoms with Crippen molar-refractivity contribution in [1.29, 1.82) is 0 Å². The molecule has 0 aliphatic carbocycles. The number of methoxy groups -OCH3 is 1. The Balaban J connectivity index is 2.40. The molecule has 2 aromatic rings. The van der Waals surface area contributed by atoms with Crippen LogP contribution in [0.1, 0.15) is 17.7 Å². The van der Waals surface area contributed by atoms with Crippen LogP contribution in [0.2, 0.25) is 0 Å². The Hall–Kier alpha value is -2.60. The fourth-order valence-corrected chi connectivity index (χ4v) is 2.15. The number of hydrogen-bond acceptors (Lipinski definition) is 4. The summed E-state index contributed by atoms with van der Waals surface area (Å²) in [6.45, 7) is 2.20. The summed E-state index contributed by atoms with van der Waals surface area (Å²) in [6.07, 6.45) is 5.53. The van der Waals surface area contributed by atoms with Gasteiger partial charge >= 0.3 is 5.97 Å². The van der Waals surface area contributed by atoms with E-state index in [4.69, 9.17) is 15.6 Å². The highest BCUT2D eigenvalue weighted by Crippen LogP contribution is 2.25. The highest BCUT2D eigenvalue weighted by molar-refractivity contribution is 5.92. The zero-order chi connectivity index (χ0) is 16.1. The van der Waals surface area contributed by atoms with E-state index in [-0.39, 0.29) is 5.57 Å². The van der Waals surface area contributed by atoms with Crippen LogP contribution in [-0.4, -0.2) is 34.3 Å². The van der Waals surface area contributed by atoms with Gasteiger partial charge in [0.25, 0.3) is 0 Å². The van der Waals surface area contributed by atoms with Gasteiger partial charge < -0.3 is 20.1 Å². The fraction of sp³-hybridized carbons (Fsp3) is 0.250. The molecule has 1 heterocycles. The van der Waals surface area contributed by atoms with Crippen LogP contribution in [-0.2, 0) is 4.79 Å². The van der Waals surface area contributed by atoms with Crippen molar-refractivity contribution in [1.82, 2.24) is 9.55 Å². The lowest BCUT2D eigenvalue weighted by atomic mass is 10.1. The third kappa shape index (κ3) is 3.53. The molecule has 0 saturated carbocycles. The van der Waals surface area contributed by atoms with Crippen LogP contribution in [0.15, 0.2) is 36.3 Å². The largest absolute Gasteiger partial charge is 0.495 e. The van der Waals surface area contributed by atoms with E-state index in [2.05, 4.69) is 4.98 Å². The third-order valence-corrected chi connectivity index (χ3v) is 3.22. The van der Waals surface area contributed by atoms with Crippen LogP contribution < -0.4 is 10.5 Å². The molecule has 0 spiro atoms. The van der Waals surface area contributed by atoms with E-state index in [1.54, 1.807) is 25.6 Å². The molecule has 3 N–H and O–H groups in total. The lowest BCUT2D eigenvalue weighted by Crippen LogP contribution is -2.07. The third-order valence-electron chi connectivity index (χ3n) is 3.22. The molecule has 0 aliphatic rings. The number of carboxylic acids is 1. The van der Waals surface area contributed by atoms with Gasteiger partial charge in [0.15, 0.2) is 0 Å². The zero-order valence-electron chi connectivity index (χ0n) is 12.6. The number of hydrogen-bond donors (Lipinski definition) is 2. The minimum absolute atomic E-state index is 0.274. The molecule has 1 aromatic carbocycles. The second-order valence-corrected chi connectivity index (χ2v) is 4.87. The van der Waals surface area contributed by atoms with E-state index >= 15 is 0 Å². The number of aliphatic carboxylic acids is 1. The van der Waals surface area contributed by atoms with Gasteiger partial charge in [-0.1, -0.05) is 6.07 Å². The fourth-order valence-electron chi connectivity index (χ4n) is 2.15. The molecule has 1 aromatic heterocycles. The van der Waals surface area contributed by atoms with Crippen molar-refractivity contribution in [3.8, 4) is 11.4 Å². The van der Waals surface area contributed by atoms with Gasteiger partial charge in [0.1, 0.15) is 5.75 Å². The molecule has 22 heavy (non-hydrogen) atoms. The number of ether oxygens (including phenoxy) is 1. The maximum atomic E-state index is 11.2. The summed E-state index contributed by atoms with van der Waals surface area (Å²) in [5.74, 6) is -0.317. The average molecular weight is 301 g/mol. The van der Waals surface area contributed by atoms with Gasteiger partial charge in [-0.25, -0.2) is 9.78 Å². The van der Waals surface area contributed by atoms with Crippen LogP contribution >= 0.6 is 0 Å². The first-order valence-electron chi connectivity index (χ1n) is 6.88. The minimum Gasteiger partial charge on any atom is -0.495 e. The highest BCUT2D eigenvalue weighted by atomic mass is 16.5. The maximum Gasteiger partial charge on any atom is 0.331 e. The van der Waals surface area contributed by atoms with Crippen molar-refractivity contribution in [3.63, 3.8) is 0 Å². The van der Waals surface area contributed by atoms with Crippen LogP contribution in [0, 0.1) is 6.92 Å². The molecule has 6 heteroatoms. The molecule has 0 saturated heterocycles. The predicted octanol–water partition coefficient (Wildman–Crippen LogP) is 2.01. The SMILES string of the molecule is COc1cc(/C=C(\CCN)C(=O)O)ccc1-n1cnc(C)c1. The Kier molecular flexibility index (Phi) is 4.95. The number of carbonyl (C=O) groups is 1. The number of nitrogens with two attached hydrogens (primary N) is 1. The van der Waals surface area contributed by atoms with Gasteiger partial charge in [-0.15, -0.1) is 0 Å². The summed E-state index contributed by atoms with van der Waals surface area (Å²) < 4.78 is 7.26. The highest BCUT2D eigenvalue weighted by Gasteiger charge is 2.09. The smallest absolute Gasteiger partial charge is 0.331 e. The zero-order valence-corrected chi connectivity index (χ0v) is 12.6. The standard InChI is InChI=1S/C16H19N3O3/c1-11-9-19(10-18-11)14-4-3-12(8-15(14)22-2)7-13(5-6-17)16(20)21/h3-4,7-10H,5-6,17H2,1-2H3,(H,20,21)/b13-7+. The predicted molar refractivity (Wildman–Crippen MR) is 84.1 cm³/mol. The number of aromatic nitrogens is 2. The van der Waals surface area contributed by atoms with Crippen molar-refractivity contribution in [2.45, 2.75) is 13.3 Å². The van der Waals surface area contributed by atoms with E-state index in [1.165, 1.54) is 0 Å². The molecule has 6 nitrogen and oxygen atoms in total. The molecule has 0 unspecified atom stereocenters. The summed E-state index contributed by atoms with van der Waals surface area (Å²) in [7, 11) is 1.58. The van der Waals surface area contributed by atoms with E-state index < -0.39 is 5.97 Å². The molecule has 0 bridgehead atoms. The van der Waals surface area contributed by atoms with Crippen LogP contribution in [0.4, 0.5) is 0 Å². The second kappa shape index (κ2) is 6.91. The summed E-state index contributed by atoms with van der Waals surface area (Å²) >= 11 is 0. The van der Waals surface area contributed by atoms with E-state index in [1.807, 2.05) is 29.8 Å². The Labute approximate surface area is 128 Å². The Morgan fingerprint density at radius 3 is 2.82 bits per heavy atom. The van der Waals surface area contributed by atoms with Gasteiger partial charge in [0.05, 0.1) is 24.8 Å². The average Bonchev–Trinajstić information content (AvgIpc) is 2.92. The monoisotopic (exact) mass is 301 g/mol. The van der Waals surface area contributed by atoms with Gasteiger partial charge in [-0.05, 0) is 43.7 Å². The lowest BCUT2D eigenvalue weighted by molar-refractivity contribution is -0.132. The Morgan fingerprint density at radius 2 is 2.27 bits per heavy atom. The number of rotatable bonds is 6. The van der Waals surface area contributed by atoms with E-state index in [9.17, 15) is 4.79 Å². The van der Waals surface area contributed by atoms with Crippen molar-refractivity contribution >= 4 is 12.0 Å². The van der Waals surface area contributed by atoms with Crippen LogP contribution in [0.25, 0.3) is 11.8 Å². The van der Waals surface area contributed by atoms with Crippen molar-refractivity contribution in [2.24, 2.45) is 5.73 Å². The molecule has 0 amide bonds. The minimum atomic E-state index is -0.960. The summed E-state index contributed by atoms with van der Waals surface area (Å²) in [5, 5.41) is 9.16. The molecule has 0 aliphatic heterocycles. The normalized spacial score (nSPS) is 11.5. The van der Waals surface area contributed by atoms with Crippen molar-refractivity contribution < 1.29 is 14.6 Å². The quantitative estimate of drug-likeness (QED) is 0.796. The first kappa shape index (κ1) is 15.8. The van der Waals surface area contributed by atoms with Gasteiger partial charge in [0, 0.05) is 11.8 Å². The summed E-state index contributed by atoms with van der Waals surface area (Å²) in [6, 6.07) is 5.50. The Bertz CT molecular complexity index is 704. The second-order valence-electron chi connectivity index (χ2n) is 4.87. The number of carboxylic acid groups (broad SMARTS) is 1. The summed E-state index contributed by atoms with van der Waals surface area (Å²) in [4.78, 5) is 15.4. The van der Waals surface area contributed by atoms with Gasteiger partial charge in [-0.2, -0.15) is 0 Å². The lowest BCUT2D eigenvalue weighted by Gasteiger charge is -2.10.